The topological polar surface area (TPSA) is 76.0 Å². The van der Waals surface area contributed by atoms with Gasteiger partial charge in [-0.3, -0.25) is 4.98 Å². The SMILES string of the molecule is CNCc1cn(S(=O)(=O)c2cccnc2)c2cc(Nc3ccc(C(F)(F)F)cc3F)ccc12. The van der Waals surface area contributed by atoms with Crippen LogP contribution in [0.2, 0.25) is 0 Å². The van der Waals surface area contributed by atoms with E-state index in [9.17, 15) is 26.0 Å². The lowest BCUT2D eigenvalue weighted by Gasteiger charge is -2.12. The average molecular weight is 478 g/mol. The molecule has 0 fully saturated rings. The molecule has 0 aliphatic rings. The fourth-order valence-corrected chi connectivity index (χ4v) is 4.78. The summed E-state index contributed by atoms with van der Waals surface area (Å²) in [6, 6.07) is 9.85. The quantitative estimate of drug-likeness (QED) is 0.386. The van der Waals surface area contributed by atoms with Crippen LogP contribution in [0.3, 0.4) is 0 Å². The number of rotatable bonds is 6. The zero-order valence-electron chi connectivity index (χ0n) is 17.2. The van der Waals surface area contributed by atoms with Crippen molar-refractivity contribution >= 4 is 32.3 Å². The lowest BCUT2D eigenvalue weighted by atomic mass is 10.1. The summed E-state index contributed by atoms with van der Waals surface area (Å²) in [5.74, 6) is -1.08. The van der Waals surface area contributed by atoms with E-state index in [1.54, 1.807) is 19.2 Å². The van der Waals surface area contributed by atoms with Crippen LogP contribution in [0, 0.1) is 5.82 Å². The molecule has 11 heteroatoms. The van der Waals surface area contributed by atoms with Crippen LogP contribution >= 0.6 is 0 Å². The molecule has 4 rings (SSSR count). The summed E-state index contributed by atoms with van der Waals surface area (Å²) in [7, 11) is -2.26. The zero-order chi connectivity index (χ0) is 23.8. The number of hydrogen-bond donors (Lipinski definition) is 2. The van der Waals surface area contributed by atoms with Crippen molar-refractivity contribution in [3.63, 3.8) is 0 Å². The summed E-state index contributed by atoms with van der Waals surface area (Å²) >= 11 is 0. The van der Waals surface area contributed by atoms with Gasteiger partial charge >= 0.3 is 6.18 Å². The summed E-state index contributed by atoms with van der Waals surface area (Å²) in [4.78, 5) is 3.86. The number of nitrogens with one attached hydrogen (secondary N) is 2. The van der Waals surface area contributed by atoms with E-state index in [2.05, 4.69) is 15.6 Å². The van der Waals surface area contributed by atoms with Crippen molar-refractivity contribution in [2.75, 3.05) is 12.4 Å². The average Bonchev–Trinajstić information content (AvgIpc) is 3.14. The van der Waals surface area contributed by atoms with Crippen molar-refractivity contribution in [2.45, 2.75) is 17.6 Å². The van der Waals surface area contributed by atoms with Gasteiger partial charge in [-0.15, -0.1) is 0 Å². The maximum Gasteiger partial charge on any atom is 0.416 e. The minimum absolute atomic E-state index is 0.00921. The number of nitrogens with zero attached hydrogens (tertiary/aromatic N) is 2. The lowest BCUT2D eigenvalue weighted by molar-refractivity contribution is -0.137. The van der Waals surface area contributed by atoms with Gasteiger partial charge in [0.25, 0.3) is 10.0 Å². The van der Waals surface area contributed by atoms with Gasteiger partial charge in [0.2, 0.25) is 0 Å². The van der Waals surface area contributed by atoms with E-state index in [0.29, 0.717) is 34.8 Å². The molecule has 2 N–H and O–H groups in total. The van der Waals surface area contributed by atoms with Crippen molar-refractivity contribution in [3.05, 3.63) is 84.1 Å². The lowest BCUT2D eigenvalue weighted by Crippen LogP contribution is -2.12. The predicted molar refractivity (Wildman–Crippen MR) is 116 cm³/mol. The van der Waals surface area contributed by atoms with Gasteiger partial charge in [-0.25, -0.2) is 16.8 Å². The summed E-state index contributed by atoms with van der Waals surface area (Å²) in [6.07, 6.45) is -0.478. The first-order valence-electron chi connectivity index (χ1n) is 9.69. The summed E-state index contributed by atoms with van der Waals surface area (Å²) in [6.45, 7) is 0.395. The minimum Gasteiger partial charge on any atom is -0.353 e. The first-order chi connectivity index (χ1) is 15.6. The smallest absolute Gasteiger partial charge is 0.353 e. The Hall–Kier alpha value is -3.44. The van der Waals surface area contributed by atoms with Gasteiger partial charge < -0.3 is 10.6 Å². The van der Waals surface area contributed by atoms with E-state index >= 15 is 0 Å². The van der Waals surface area contributed by atoms with Crippen molar-refractivity contribution in [1.82, 2.24) is 14.3 Å². The standard InChI is InChI=1S/C22H18F4N4O2S/c1-27-11-14-13-30(33(31,32)17-3-2-8-28-12-17)21-10-16(5-6-18(14)21)29-20-7-4-15(9-19(20)23)22(24,25)26/h2-10,12-13,27,29H,11H2,1H3. The van der Waals surface area contributed by atoms with Crippen LogP contribution in [0.4, 0.5) is 28.9 Å². The molecule has 2 aromatic heterocycles. The van der Waals surface area contributed by atoms with Crippen LogP contribution in [-0.4, -0.2) is 24.4 Å². The van der Waals surface area contributed by atoms with E-state index in [1.807, 2.05) is 0 Å². The van der Waals surface area contributed by atoms with E-state index in [4.69, 9.17) is 0 Å². The highest BCUT2D eigenvalue weighted by Gasteiger charge is 2.31. The maximum absolute atomic E-state index is 14.3. The highest BCUT2D eigenvalue weighted by atomic mass is 32.2. The second-order valence-corrected chi connectivity index (χ2v) is 9.04. The van der Waals surface area contributed by atoms with Gasteiger partial charge in [-0.05, 0) is 55.1 Å². The molecule has 0 aliphatic heterocycles. The minimum atomic E-state index is -4.66. The van der Waals surface area contributed by atoms with Gasteiger partial charge in [0, 0.05) is 36.2 Å². The highest BCUT2D eigenvalue weighted by molar-refractivity contribution is 7.90. The summed E-state index contributed by atoms with van der Waals surface area (Å²) in [5.41, 5.74) is 0.0618. The van der Waals surface area contributed by atoms with Crippen molar-refractivity contribution in [3.8, 4) is 0 Å². The molecule has 0 aliphatic carbocycles. The number of halogens is 4. The summed E-state index contributed by atoms with van der Waals surface area (Å²) < 4.78 is 80.3. The molecule has 0 spiro atoms. The molecule has 4 aromatic rings. The zero-order valence-corrected chi connectivity index (χ0v) is 18.0. The predicted octanol–water partition coefficient (Wildman–Crippen LogP) is 4.89. The van der Waals surface area contributed by atoms with Gasteiger partial charge in [0.1, 0.15) is 10.7 Å². The van der Waals surface area contributed by atoms with Crippen molar-refractivity contribution < 1.29 is 26.0 Å². The Labute approximate surface area is 186 Å². The first-order valence-corrected chi connectivity index (χ1v) is 11.1. The Morgan fingerprint density at radius 3 is 2.52 bits per heavy atom. The van der Waals surface area contributed by atoms with Crippen LogP contribution in [0.1, 0.15) is 11.1 Å². The van der Waals surface area contributed by atoms with Crippen LogP contribution in [0.15, 0.2) is 72.0 Å². The number of anilines is 2. The monoisotopic (exact) mass is 478 g/mol. The second-order valence-electron chi connectivity index (χ2n) is 7.22. The fourth-order valence-electron chi connectivity index (χ4n) is 3.44. The fraction of sp³-hybridized carbons (Fsp3) is 0.136. The molecule has 6 nitrogen and oxygen atoms in total. The third-order valence-electron chi connectivity index (χ3n) is 4.99. The molecule has 33 heavy (non-hydrogen) atoms. The maximum atomic E-state index is 14.3. The Balaban J connectivity index is 1.79. The highest BCUT2D eigenvalue weighted by Crippen LogP contribution is 2.33. The Morgan fingerprint density at radius 2 is 1.88 bits per heavy atom. The molecule has 0 saturated carbocycles. The molecule has 0 radical (unpaired) electrons. The molecule has 172 valence electrons. The third kappa shape index (κ3) is 4.41. The van der Waals surface area contributed by atoms with Crippen molar-refractivity contribution in [1.29, 1.82) is 0 Å². The first kappa shape index (κ1) is 22.7. The number of pyridine rings is 1. The summed E-state index contributed by atoms with van der Waals surface area (Å²) in [5, 5.41) is 6.36. The molecule has 0 bridgehead atoms. The van der Waals surface area contributed by atoms with E-state index in [-0.39, 0.29) is 10.6 Å². The Bertz CT molecular complexity index is 1420. The third-order valence-corrected chi connectivity index (χ3v) is 6.65. The van der Waals surface area contributed by atoms with Crippen molar-refractivity contribution in [2.24, 2.45) is 0 Å². The largest absolute Gasteiger partial charge is 0.416 e. The number of aromatic nitrogens is 2. The molecule has 0 saturated heterocycles. The molecule has 2 heterocycles. The molecular weight excluding hydrogens is 460 g/mol. The molecule has 0 amide bonds. The Morgan fingerprint density at radius 1 is 1.09 bits per heavy atom. The number of alkyl halides is 3. The van der Waals surface area contributed by atoms with Crippen LogP contribution in [0.5, 0.6) is 0 Å². The number of fused-ring (bicyclic) bond motifs is 1. The van der Waals surface area contributed by atoms with Gasteiger partial charge in [0.15, 0.2) is 0 Å². The number of hydrogen-bond acceptors (Lipinski definition) is 5. The molecule has 0 unspecified atom stereocenters. The number of benzene rings is 2. The second kappa shape index (κ2) is 8.49. The molecule has 0 atom stereocenters. The van der Waals surface area contributed by atoms with E-state index in [0.717, 1.165) is 16.1 Å². The van der Waals surface area contributed by atoms with Crippen LogP contribution < -0.4 is 10.6 Å². The van der Waals surface area contributed by atoms with Crippen LogP contribution in [0.25, 0.3) is 10.9 Å². The Kier molecular flexibility index (Phi) is 5.85. The van der Waals surface area contributed by atoms with E-state index in [1.165, 1.54) is 36.8 Å². The van der Waals surface area contributed by atoms with Crippen LogP contribution in [-0.2, 0) is 22.7 Å². The van der Waals surface area contributed by atoms with Gasteiger partial charge in [0.05, 0.1) is 16.8 Å². The molecular formula is C22H18F4N4O2S. The normalized spacial score (nSPS) is 12.3. The van der Waals surface area contributed by atoms with E-state index < -0.39 is 27.6 Å². The van der Waals surface area contributed by atoms with Gasteiger partial charge in [-0.1, -0.05) is 6.07 Å². The molecule has 2 aromatic carbocycles. The van der Waals surface area contributed by atoms with Gasteiger partial charge in [-0.2, -0.15) is 13.2 Å².